The maximum atomic E-state index is 9.91. The molecule has 0 rings (SSSR count). The molecule has 0 saturated heterocycles. The van der Waals surface area contributed by atoms with Gasteiger partial charge in [0.15, 0.2) is 0 Å². The lowest BCUT2D eigenvalue weighted by Gasteiger charge is -1.85. The highest BCUT2D eigenvalue weighted by molar-refractivity contribution is 4.97. The summed E-state index contributed by atoms with van der Waals surface area (Å²) >= 11 is 0. The third-order valence-electron chi connectivity index (χ3n) is 0.998. The first kappa shape index (κ1) is 8.52. The molecule has 0 spiro atoms. The number of unbranched alkanes of at least 4 members (excludes halogenated alkanes) is 2. The molecule has 9 heavy (non-hydrogen) atoms. The van der Waals surface area contributed by atoms with Crippen molar-refractivity contribution in [1.29, 1.82) is 0 Å². The van der Waals surface area contributed by atoms with Crippen LogP contribution in [0.2, 0.25) is 0 Å². The predicted octanol–water partition coefficient (Wildman–Crippen LogP) is 2.00. The van der Waals surface area contributed by atoms with E-state index in [4.69, 9.17) is 0 Å². The molecule has 0 aromatic heterocycles. The average Bonchev–Trinajstić information content (AvgIpc) is 1.89. The zero-order valence-corrected chi connectivity index (χ0v) is 5.94. The van der Waals surface area contributed by atoms with E-state index in [2.05, 4.69) is 11.8 Å². The molecule has 1 nitrogen and oxygen atoms in total. The fourth-order valence-electron chi connectivity index (χ4n) is 0.529. The Kier molecular flexibility index (Phi) is 7.12. The molecule has 0 amide bonds. The van der Waals surface area contributed by atoms with Gasteiger partial charge in [0, 0.05) is 12.8 Å². The Morgan fingerprint density at radius 1 is 1.22 bits per heavy atom. The molecule has 1 heteroatoms. The molecule has 1 radical (unpaired) electrons. The molecule has 0 aromatic rings. The van der Waals surface area contributed by atoms with Crippen LogP contribution in [-0.4, -0.2) is 6.61 Å². The van der Waals surface area contributed by atoms with Crippen LogP contribution in [0.15, 0.2) is 0 Å². The normalized spacial score (nSPS) is 8.22. The summed E-state index contributed by atoms with van der Waals surface area (Å²) in [4.78, 5) is 0. The van der Waals surface area contributed by atoms with Crippen molar-refractivity contribution in [2.75, 3.05) is 6.61 Å². The van der Waals surface area contributed by atoms with Gasteiger partial charge in [-0.3, -0.25) is 0 Å². The van der Waals surface area contributed by atoms with E-state index < -0.39 is 0 Å². The van der Waals surface area contributed by atoms with Gasteiger partial charge >= 0.3 is 0 Å². The van der Waals surface area contributed by atoms with Crippen molar-refractivity contribution in [3.05, 3.63) is 0 Å². The van der Waals surface area contributed by atoms with E-state index in [0.717, 1.165) is 25.7 Å². The molecule has 0 aliphatic carbocycles. The predicted molar refractivity (Wildman–Crippen MR) is 37.5 cm³/mol. The van der Waals surface area contributed by atoms with E-state index in [9.17, 15) is 5.11 Å². The number of hydrogen-bond acceptors (Lipinski definition) is 0. The standard InChI is InChI=1S/C8H13O/c1-2-3-4-5-6-7-8-9/h2,5-8H2,1H3. The number of rotatable bonds is 3. The van der Waals surface area contributed by atoms with Crippen LogP contribution in [0.3, 0.4) is 0 Å². The van der Waals surface area contributed by atoms with Crippen molar-refractivity contribution in [2.24, 2.45) is 0 Å². The van der Waals surface area contributed by atoms with E-state index in [1.165, 1.54) is 0 Å². The van der Waals surface area contributed by atoms with Crippen molar-refractivity contribution in [3.8, 4) is 11.8 Å². The van der Waals surface area contributed by atoms with Crippen molar-refractivity contribution in [2.45, 2.75) is 32.6 Å². The van der Waals surface area contributed by atoms with Crippen LogP contribution in [0.25, 0.3) is 0 Å². The summed E-state index contributed by atoms with van der Waals surface area (Å²) in [5.41, 5.74) is 0. The molecular formula is C8H13O. The average molecular weight is 125 g/mol. The van der Waals surface area contributed by atoms with E-state index in [1.807, 2.05) is 6.92 Å². The molecule has 0 heterocycles. The molecule has 0 fully saturated rings. The molecule has 0 unspecified atom stereocenters. The van der Waals surface area contributed by atoms with Gasteiger partial charge in [-0.1, -0.05) is 6.92 Å². The maximum Gasteiger partial charge on any atom is 0.0822 e. The highest BCUT2D eigenvalue weighted by Crippen LogP contribution is 1.91. The minimum absolute atomic E-state index is 0.0494. The van der Waals surface area contributed by atoms with Gasteiger partial charge in [-0.2, -0.15) is 0 Å². The van der Waals surface area contributed by atoms with Crippen molar-refractivity contribution in [3.63, 3.8) is 0 Å². The molecule has 0 aliphatic rings. The van der Waals surface area contributed by atoms with Crippen LogP contribution in [0, 0.1) is 11.8 Å². The Bertz CT molecular complexity index is 96.9. The molecule has 0 aliphatic heterocycles. The summed E-state index contributed by atoms with van der Waals surface area (Å²) in [6, 6.07) is 0. The summed E-state index contributed by atoms with van der Waals surface area (Å²) in [6.45, 7) is 2.08. The molecule has 0 atom stereocenters. The third kappa shape index (κ3) is 7.52. The van der Waals surface area contributed by atoms with E-state index >= 15 is 0 Å². The summed E-state index contributed by atoms with van der Waals surface area (Å²) in [7, 11) is 0. The highest BCUT2D eigenvalue weighted by atomic mass is 16.2. The van der Waals surface area contributed by atoms with Crippen LogP contribution in [0.5, 0.6) is 0 Å². The lowest BCUT2D eigenvalue weighted by Crippen LogP contribution is -1.78. The molecule has 51 valence electrons. The molecular weight excluding hydrogens is 112 g/mol. The van der Waals surface area contributed by atoms with Gasteiger partial charge in [-0.15, -0.1) is 11.8 Å². The van der Waals surface area contributed by atoms with Gasteiger partial charge < -0.3 is 0 Å². The second kappa shape index (κ2) is 7.52. The van der Waals surface area contributed by atoms with Crippen LogP contribution >= 0.6 is 0 Å². The SMILES string of the molecule is CCC#CCCCC[O]. The van der Waals surface area contributed by atoms with Gasteiger partial charge in [0.2, 0.25) is 0 Å². The van der Waals surface area contributed by atoms with E-state index in [-0.39, 0.29) is 6.61 Å². The molecule has 0 aromatic carbocycles. The fraction of sp³-hybridized carbons (Fsp3) is 0.750. The zero-order chi connectivity index (χ0) is 6.95. The van der Waals surface area contributed by atoms with E-state index in [1.54, 1.807) is 0 Å². The Morgan fingerprint density at radius 3 is 2.56 bits per heavy atom. The van der Waals surface area contributed by atoms with Gasteiger partial charge in [-0.25, -0.2) is 5.11 Å². The van der Waals surface area contributed by atoms with Gasteiger partial charge in [0.25, 0.3) is 0 Å². The van der Waals surface area contributed by atoms with Gasteiger partial charge in [0.05, 0.1) is 6.61 Å². The monoisotopic (exact) mass is 125 g/mol. The summed E-state index contributed by atoms with van der Waals surface area (Å²) in [5.74, 6) is 5.94. The minimum Gasteiger partial charge on any atom is -0.237 e. The van der Waals surface area contributed by atoms with Crippen molar-refractivity contribution >= 4 is 0 Å². The second-order valence-corrected chi connectivity index (χ2v) is 1.87. The summed E-state index contributed by atoms with van der Waals surface area (Å²) in [6.07, 6.45) is 3.57. The molecule has 0 bridgehead atoms. The fourth-order valence-corrected chi connectivity index (χ4v) is 0.529. The van der Waals surface area contributed by atoms with Gasteiger partial charge in [0.1, 0.15) is 0 Å². The van der Waals surface area contributed by atoms with Crippen LogP contribution in [-0.2, 0) is 5.11 Å². The smallest absolute Gasteiger partial charge is 0.0822 e. The second-order valence-electron chi connectivity index (χ2n) is 1.87. The van der Waals surface area contributed by atoms with Crippen LogP contribution in [0.1, 0.15) is 32.6 Å². The lowest BCUT2D eigenvalue weighted by molar-refractivity contribution is 0.187. The van der Waals surface area contributed by atoms with E-state index in [0.29, 0.717) is 0 Å². The van der Waals surface area contributed by atoms with Crippen LogP contribution in [0.4, 0.5) is 0 Å². The Labute approximate surface area is 57.1 Å². The van der Waals surface area contributed by atoms with Gasteiger partial charge in [-0.05, 0) is 12.8 Å². The van der Waals surface area contributed by atoms with Crippen molar-refractivity contribution in [1.82, 2.24) is 0 Å². The Balaban J connectivity index is 2.90. The quantitative estimate of drug-likeness (QED) is 0.406. The first-order valence-corrected chi connectivity index (χ1v) is 3.45. The zero-order valence-electron chi connectivity index (χ0n) is 5.94. The Hall–Kier alpha value is -0.480. The Morgan fingerprint density at radius 2 is 2.00 bits per heavy atom. The summed E-state index contributed by atoms with van der Waals surface area (Å²) in [5, 5.41) is 9.91. The first-order valence-electron chi connectivity index (χ1n) is 3.45. The lowest BCUT2D eigenvalue weighted by atomic mass is 10.2. The maximum absolute atomic E-state index is 9.91. The summed E-state index contributed by atoms with van der Waals surface area (Å²) < 4.78 is 0. The number of hydrogen-bond donors (Lipinski definition) is 0. The minimum atomic E-state index is 0.0494. The van der Waals surface area contributed by atoms with Crippen LogP contribution < -0.4 is 0 Å². The largest absolute Gasteiger partial charge is 0.237 e. The molecule has 0 N–H and O–H groups in total. The first-order chi connectivity index (χ1) is 4.41. The molecule has 0 saturated carbocycles. The van der Waals surface area contributed by atoms with Crippen molar-refractivity contribution < 1.29 is 5.11 Å². The topological polar surface area (TPSA) is 19.9 Å². The highest BCUT2D eigenvalue weighted by Gasteiger charge is 1.81. The third-order valence-corrected chi connectivity index (χ3v) is 0.998.